The van der Waals surface area contributed by atoms with Crippen molar-refractivity contribution in [1.29, 1.82) is 0 Å². The summed E-state index contributed by atoms with van der Waals surface area (Å²) in [6.07, 6.45) is 0.722. The fourth-order valence-electron chi connectivity index (χ4n) is 4.72. The molecule has 0 radical (unpaired) electrons. The molecule has 5 atom stereocenters. The summed E-state index contributed by atoms with van der Waals surface area (Å²) in [5.74, 6) is -1.30. The highest BCUT2D eigenvalue weighted by Gasteiger charge is 2.39. The molecule has 12 nitrogen and oxygen atoms in total. The third-order valence-electron chi connectivity index (χ3n) is 6.23. The Labute approximate surface area is 210 Å². The smallest absolute Gasteiger partial charge is 0.340 e. The SMILES string of the molecule is O=P(O)(O)CP(=O)(O)OC[C@@H]1CC(O)[C@H](n2ncc3c(N[C@@H]4CCc5ccccc54)cc(Cl)nc32)O1. The number of nitrogens with one attached hydrogen (secondary N) is 1. The van der Waals surface area contributed by atoms with E-state index in [1.807, 2.05) is 12.1 Å². The first-order chi connectivity index (χ1) is 17.0. The van der Waals surface area contributed by atoms with Gasteiger partial charge in [-0.25, -0.2) is 9.67 Å². The number of hydrogen-bond acceptors (Lipinski definition) is 8. The molecule has 1 aromatic carbocycles. The predicted molar refractivity (Wildman–Crippen MR) is 131 cm³/mol. The Balaban J connectivity index is 1.34. The van der Waals surface area contributed by atoms with E-state index in [1.54, 1.807) is 12.3 Å². The topological polar surface area (TPSA) is 176 Å². The first kappa shape index (κ1) is 25.8. The Morgan fingerprint density at radius 3 is 2.81 bits per heavy atom. The molecule has 1 aliphatic heterocycles. The summed E-state index contributed by atoms with van der Waals surface area (Å²) in [7, 11) is -9.29. The molecule has 0 saturated carbocycles. The number of rotatable bonds is 8. The fourth-order valence-corrected chi connectivity index (χ4v) is 7.50. The Morgan fingerprint density at radius 1 is 1.25 bits per heavy atom. The van der Waals surface area contributed by atoms with Crippen molar-refractivity contribution in [2.75, 3.05) is 17.8 Å². The molecule has 15 heteroatoms. The van der Waals surface area contributed by atoms with Gasteiger partial charge in [-0.15, -0.1) is 0 Å². The Hall–Kier alpha value is -1.85. The molecule has 194 valence electrons. The van der Waals surface area contributed by atoms with Gasteiger partial charge in [0.15, 0.2) is 17.8 Å². The second kappa shape index (κ2) is 9.79. The molecule has 0 amide bonds. The maximum absolute atomic E-state index is 11.9. The van der Waals surface area contributed by atoms with Crippen LogP contribution in [0.3, 0.4) is 0 Å². The molecule has 2 aliphatic rings. The molecule has 2 aromatic heterocycles. The van der Waals surface area contributed by atoms with Crippen LogP contribution in [-0.4, -0.2) is 59.3 Å². The second-order valence-corrected chi connectivity index (χ2v) is 13.3. The molecule has 1 saturated heterocycles. The van der Waals surface area contributed by atoms with Crippen molar-refractivity contribution in [1.82, 2.24) is 14.8 Å². The number of aliphatic hydroxyl groups is 1. The van der Waals surface area contributed by atoms with E-state index in [0.29, 0.717) is 11.0 Å². The largest absolute Gasteiger partial charge is 0.388 e. The van der Waals surface area contributed by atoms with Crippen LogP contribution in [0.25, 0.3) is 11.0 Å². The number of anilines is 1. The van der Waals surface area contributed by atoms with Gasteiger partial charge in [0, 0.05) is 6.42 Å². The van der Waals surface area contributed by atoms with Crippen molar-refractivity contribution in [2.24, 2.45) is 0 Å². The molecule has 2 unspecified atom stereocenters. The van der Waals surface area contributed by atoms with E-state index >= 15 is 0 Å². The van der Waals surface area contributed by atoms with Crippen molar-refractivity contribution >= 4 is 43.5 Å². The lowest BCUT2D eigenvalue weighted by molar-refractivity contribution is -0.0527. The first-order valence-electron chi connectivity index (χ1n) is 11.2. The van der Waals surface area contributed by atoms with Gasteiger partial charge in [-0.3, -0.25) is 9.13 Å². The van der Waals surface area contributed by atoms with Gasteiger partial charge in [0.1, 0.15) is 11.3 Å². The highest BCUT2D eigenvalue weighted by atomic mass is 35.5. The number of pyridine rings is 1. The van der Waals surface area contributed by atoms with E-state index in [1.165, 1.54) is 15.8 Å². The second-order valence-electron chi connectivity index (χ2n) is 8.94. The molecule has 1 aliphatic carbocycles. The molecule has 5 rings (SSSR count). The Morgan fingerprint density at radius 2 is 2.03 bits per heavy atom. The van der Waals surface area contributed by atoms with Crippen LogP contribution in [-0.2, 0) is 24.8 Å². The van der Waals surface area contributed by atoms with E-state index in [9.17, 15) is 19.1 Å². The molecule has 3 aromatic rings. The standard InChI is InChI=1S/C21H25ClN4O8P2/c22-19-8-17(24-16-6-5-12-3-1-2-4-14(12)16)15-9-23-26(20(15)25-19)21-18(27)7-13(34-21)10-33-36(31,32)11-35(28,29)30/h1-4,8-9,13,16,18,21,27H,5-7,10-11H2,(H,24,25)(H,31,32)(H2,28,29,30)/t13-,16+,18?,21+/m0/s1. The number of aliphatic hydroxyl groups excluding tert-OH is 1. The number of aryl methyl sites for hydroxylation is 1. The third-order valence-corrected chi connectivity index (χ3v) is 9.88. The van der Waals surface area contributed by atoms with Crippen LogP contribution >= 0.6 is 26.8 Å². The van der Waals surface area contributed by atoms with E-state index in [2.05, 4.69) is 27.5 Å². The summed E-state index contributed by atoms with van der Waals surface area (Å²) in [6.45, 7) is -0.442. The number of halogens is 1. The number of benzene rings is 1. The van der Waals surface area contributed by atoms with Crippen LogP contribution in [0.15, 0.2) is 36.5 Å². The summed E-state index contributed by atoms with van der Waals surface area (Å²) in [5.41, 5.74) is 3.65. The average Bonchev–Trinajstić information content (AvgIpc) is 3.48. The van der Waals surface area contributed by atoms with Gasteiger partial charge in [-0.1, -0.05) is 35.9 Å². The van der Waals surface area contributed by atoms with Gasteiger partial charge in [0.2, 0.25) is 0 Å². The maximum atomic E-state index is 11.9. The van der Waals surface area contributed by atoms with Gasteiger partial charge < -0.3 is 34.4 Å². The number of hydrogen-bond donors (Lipinski definition) is 5. The highest BCUT2D eigenvalue weighted by Crippen LogP contribution is 2.55. The van der Waals surface area contributed by atoms with Gasteiger partial charge >= 0.3 is 15.2 Å². The number of nitrogens with zero attached hydrogens (tertiary/aromatic N) is 3. The fraction of sp³-hybridized carbons (Fsp3) is 0.429. The lowest BCUT2D eigenvalue weighted by atomic mass is 10.1. The van der Waals surface area contributed by atoms with Crippen LogP contribution in [0.1, 0.15) is 36.2 Å². The van der Waals surface area contributed by atoms with Gasteiger partial charge in [-0.05, 0) is 30.0 Å². The summed E-state index contributed by atoms with van der Waals surface area (Å²) >= 11 is 6.32. The quantitative estimate of drug-likeness (QED) is 0.203. The predicted octanol–water partition coefficient (Wildman–Crippen LogP) is 3.17. The van der Waals surface area contributed by atoms with Crippen molar-refractivity contribution in [2.45, 2.75) is 43.7 Å². The van der Waals surface area contributed by atoms with Crippen LogP contribution in [0, 0.1) is 0 Å². The Bertz CT molecular complexity index is 1380. The van der Waals surface area contributed by atoms with Gasteiger partial charge in [0.05, 0.1) is 36.0 Å². The van der Waals surface area contributed by atoms with Crippen LogP contribution < -0.4 is 5.32 Å². The molecular weight excluding hydrogens is 534 g/mol. The minimum absolute atomic E-state index is 0.0481. The summed E-state index contributed by atoms with van der Waals surface area (Å²) < 4.78 is 35.0. The molecule has 5 N–H and O–H groups in total. The number of fused-ring (bicyclic) bond motifs is 2. The van der Waals surface area contributed by atoms with Gasteiger partial charge in [-0.2, -0.15) is 5.10 Å². The normalized spacial score (nSPS) is 25.7. The molecule has 1 fully saturated rings. The number of ether oxygens (including phenoxy) is 1. The molecule has 3 heterocycles. The third kappa shape index (κ3) is 5.52. The van der Waals surface area contributed by atoms with Crippen molar-refractivity contribution in [3.05, 3.63) is 52.8 Å². The van der Waals surface area contributed by atoms with E-state index in [4.69, 9.17) is 30.6 Å². The first-order valence-corrected chi connectivity index (χ1v) is 15.2. The number of aromatic nitrogens is 3. The lowest BCUT2D eigenvalue weighted by Crippen LogP contribution is -2.21. The summed E-state index contributed by atoms with van der Waals surface area (Å²) in [4.78, 5) is 31.9. The van der Waals surface area contributed by atoms with Crippen molar-refractivity contribution in [3.8, 4) is 0 Å². The summed E-state index contributed by atoms with van der Waals surface area (Å²) in [5, 5.41) is 19.4. The maximum Gasteiger partial charge on any atom is 0.340 e. The minimum Gasteiger partial charge on any atom is -0.388 e. The molecule has 36 heavy (non-hydrogen) atoms. The van der Waals surface area contributed by atoms with Crippen LogP contribution in [0.2, 0.25) is 5.15 Å². The molecule has 0 spiro atoms. The van der Waals surface area contributed by atoms with E-state index in [0.717, 1.165) is 18.5 Å². The van der Waals surface area contributed by atoms with Crippen molar-refractivity contribution < 1.29 is 38.2 Å². The van der Waals surface area contributed by atoms with Crippen LogP contribution in [0.4, 0.5) is 5.69 Å². The van der Waals surface area contributed by atoms with Crippen LogP contribution in [0.5, 0.6) is 0 Å². The van der Waals surface area contributed by atoms with E-state index in [-0.39, 0.29) is 17.6 Å². The lowest BCUT2D eigenvalue weighted by Gasteiger charge is -2.19. The molecule has 0 bridgehead atoms. The highest BCUT2D eigenvalue weighted by molar-refractivity contribution is 7.70. The zero-order valence-electron chi connectivity index (χ0n) is 18.8. The summed E-state index contributed by atoms with van der Waals surface area (Å²) in [6, 6.07) is 10.1. The monoisotopic (exact) mass is 558 g/mol. The molecular formula is C21H25ClN4O8P2. The zero-order valence-corrected chi connectivity index (χ0v) is 21.4. The van der Waals surface area contributed by atoms with Gasteiger partial charge in [0.25, 0.3) is 0 Å². The average molecular weight is 559 g/mol. The zero-order chi connectivity index (χ0) is 25.7. The van der Waals surface area contributed by atoms with E-state index < -0.39 is 46.1 Å². The minimum atomic E-state index is -4.75. The van der Waals surface area contributed by atoms with Crippen molar-refractivity contribution in [3.63, 3.8) is 0 Å². The Kier molecular flexibility index (Phi) is 7.01.